The van der Waals surface area contributed by atoms with Crippen molar-refractivity contribution in [3.63, 3.8) is 0 Å². The number of carbonyl (C=O) groups is 1. The van der Waals surface area contributed by atoms with E-state index >= 15 is 0 Å². The van der Waals surface area contributed by atoms with Crippen LogP contribution in [0.2, 0.25) is 0 Å². The first-order chi connectivity index (χ1) is 13.0. The third kappa shape index (κ3) is 4.91. The maximum atomic E-state index is 12.5. The number of anilines is 1. The summed E-state index contributed by atoms with van der Waals surface area (Å²) in [7, 11) is 0. The normalized spacial score (nSPS) is 19.4. The van der Waals surface area contributed by atoms with Gasteiger partial charge in [0.1, 0.15) is 5.82 Å². The van der Waals surface area contributed by atoms with Gasteiger partial charge in [0.25, 0.3) is 5.91 Å². The number of hydrogen-bond acceptors (Lipinski definition) is 5. The Bertz CT molecular complexity index is 772. The van der Waals surface area contributed by atoms with Crippen LogP contribution in [0.3, 0.4) is 0 Å². The number of likely N-dealkylation sites (N-methyl/N-ethyl adjacent to an activating group) is 1. The van der Waals surface area contributed by atoms with Gasteiger partial charge in [0, 0.05) is 17.8 Å². The van der Waals surface area contributed by atoms with Crippen LogP contribution in [-0.4, -0.2) is 52.8 Å². The highest BCUT2D eigenvalue weighted by atomic mass is 16.5. The van der Waals surface area contributed by atoms with Crippen molar-refractivity contribution in [2.75, 3.05) is 25.1 Å². The van der Waals surface area contributed by atoms with Crippen molar-refractivity contribution in [2.45, 2.75) is 39.5 Å². The molecule has 0 saturated carbocycles. The number of nitrogens with one attached hydrogen (secondary N) is 1. The summed E-state index contributed by atoms with van der Waals surface area (Å²) in [6.45, 7) is 8.44. The van der Waals surface area contributed by atoms with E-state index in [1.54, 1.807) is 0 Å². The van der Waals surface area contributed by atoms with Crippen LogP contribution in [0.1, 0.15) is 34.1 Å². The third-order valence-corrected chi connectivity index (χ3v) is 4.84. The summed E-state index contributed by atoms with van der Waals surface area (Å²) < 4.78 is 5.36. The first-order valence-corrected chi connectivity index (χ1v) is 9.31. The van der Waals surface area contributed by atoms with E-state index in [4.69, 9.17) is 4.74 Å². The van der Waals surface area contributed by atoms with E-state index in [1.165, 1.54) is 0 Å². The Morgan fingerprint density at radius 2 is 2.00 bits per heavy atom. The van der Waals surface area contributed by atoms with Crippen LogP contribution in [0.15, 0.2) is 36.4 Å². The van der Waals surface area contributed by atoms with Crippen LogP contribution in [0.25, 0.3) is 0 Å². The molecule has 2 atom stereocenters. The lowest BCUT2D eigenvalue weighted by atomic mass is 10.1. The first-order valence-electron chi connectivity index (χ1n) is 9.31. The zero-order chi connectivity index (χ0) is 19.4. The molecule has 1 fully saturated rings. The number of amides is 1. The molecule has 2 heterocycles. The molecule has 1 saturated heterocycles. The standard InChI is InChI=1S/C21H27N3O3/c1-4-24(18-12-27-13-19(18)25)11-16-5-7-17(8-6-16)21(26)23-20-10-14(2)9-15(3)22-20/h5-10,18-19,25H,4,11-13H2,1-3H3,(H,22,23,26)/t18-,19-/m0/s1. The minimum atomic E-state index is -0.444. The molecule has 2 N–H and O–H groups in total. The average Bonchev–Trinajstić information content (AvgIpc) is 3.05. The van der Waals surface area contributed by atoms with Gasteiger partial charge in [0.2, 0.25) is 0 Å². The summed E-state index contributed by atoms with van der Waals surface area (Å²) in [5.74, 6) is 0.389. The fraction of sp³-hybridized carbons (Fsp3) is 0.429. The van der Waals surface area contributed by atoms with Crippen molar-refractivity contribution in [2.24, 2.45) is 0 Å². The van der Waals surface area contributed by atoms with Crippen LogP contribution in [0, 0.1) is 13.8 Å². The van der Waals surface area contributed by atoms with E-state index < -0.39 is 6.10 Å². The monoisotopic (exact) mass is 369 g/mol. The first kappa shape index (κ1) is 19.5. The van der Waals surface area contributed by atoms with Crippen molar-refractivity contribution in [1.82, 2.24) is 9.88 Å². The molecule has 1 aliphatic rings. The molecule has 2 aromatic rings. The maximum absolute atomic E-state index is 12.5. The SMILES string of the molecule is CCN(Cc1ccc(C(=O)Nc2cc(C)cc(C)n2)cc1)[C@H]1COC[C@@H]1O. The minimum Gasteiger partial charge on any atom is -0.389 e. The molecule has 0 bridgehead atoms. The summed E-state index contributed by atoms with van der Waals surface area (Å²) in [6, 6.07) is 11.4. The smallest absolute Gasteiger partial charge is 0.256 e. The Labute approximate surface area is 160 Å². The van der Waals surface area contributed by atoms with E-state index in [0.717, 1.165) is 23.4 Å². The molecule has 1 aromatic carbocycles. The lowest BCUT2D eigenvalue weighted by molar-refractivity contribution is 0.0808. The summed E-state index contributed by atoms with van der Waals surface area (Å²) in [6.07, 6.45) is -0.444. The van der Waals surface area contributed by atoms with Crippen molar-refractivity contribution in [1.29, 1.82) is 0 Å². The predicted molar refractivity (Wildman–Crippen MR) is 105 cm³/mol. The van der Waals surface area contributed by atoms with Crippen molar-refractivity contribution in [3.8, 4) is 0 Å². The lowest BCUT2D eigenvalue weighted by Gasteiger charge is -2.28. The number of pyridine rings is 1. The van der Waals surface area contributed by atoms with Crippen LogP contribution < -0.4 is 5.32 Å². The maximum Gasteiger partial charge on any atom is 0.256 e. The van der Waals surface area contributed by atoms with Gasteiger partial charge in [-0.1, -0.05) is 19.1 Å². The highest BCUT2D eigenvalue weighted by Crippen LogP contribution is 2.17. The number of aliphatic hydroxyl groups excluding tert-OH is 1. The van der Waals surface area contributed by atoms with E-state index in [2.05, 4.69) is 22.1 Å². The fourth-order valence-corrected chi connectivity index (χ4v) is 3.43. The molecule has 6 nitrogen and oxygen atoms in total. The summed E-state index contributed by atoms with van der Waals surface area (Å²) in [4.78, 5) is 19.0. The highest BCUT2D eigenvalue weighted by Gasteiger charge is 2.30. The molecule has 0 unspecified atom stereocenters. The molecule has 6 heteroatoms. The van der Waals surface area contributed by atoms with Gasteiger partial charge in [-0.3, -0.25) is 9.69 Å². The quantitative estimate of drug-likeness (QED) is 0.818. The summed E-state index contributed by atoms with van der Waals surface area (Å²) in [5.41, 5.74) is 3.62. The largest absolute Gasteiger partial charge is 0.389 e. The number of benzene rings is 1. The number of rotatable bonds is 6. The lowest BCUT2D eigenvalue weighted by Crippen LogP contribution is -2.42. The zero-order valence-electron chi connectivity index (χ0n) is 16.1. The third-order valence-electron chi connectivity index (χ3n) is 4.84. The van der Waals surface area contributed by atoms with Crippen LogP contribution in [0.4, 0.5) is 5.82 Å². The van der Waals surface area contributed by atoms with Gasteiger partial charge in [-0.05, 0) is 55.8 Å². The highest BCUT2D eigenvalue weighted by molar-refractivity contribution is 6.03. The molecule has 1 aromatic heterocycles. The zero-order valence-corrected chi connectivity index (χ0v) is 16.1. The molecule has 0 aliphatic carbocycles. The number of ether oxygens (including phenoxy) is 1. The topological polar surface area (TPSA) is 74.7 Å². The Kier molecular flexibility index (Phi) is 6.21. The molecule has 0 spiro atoms. The van der Waals surface area contributed by atoms with Crippen LogP contribution in [-0.2, 0) is 11.3 Å². The second kappa shape index (κ2) is 8.61. The number of carbonyl (C=O) groups excluding carboxylic acids is 1. The Hall–Kier alpha value is -2.28. The van der Waals surface area contributed by atoms with Gasteiger partial charge in [-0.15, -0.1) is 0 Å². The molecule has 1 amide bonds. The van der Waals surface area contributed by atoms with Crippen LogP contribution in [0.5, 0.6) is 0 Å². The van der Waals surface area contributed by atoms with E-state index in [1.807, 2.05) is 50.2 Å². The van der Waals surface area contributed by atoms with Gasteiger partial charge in [0.05, 0.1) is 25.4 Å². The second-order valence-electron chi connectivity index (χ2n) is 7.06. The number of hydrogen-bond donors (Lipinski definition) is 2. The predicted octanol–water partition coefficient (Wildman–Crippen LogP) is 2.53. The Balaban J connectivity index is 1.64. The summed E-state index contributed by atoms with van der Waals surface area (Å²) in [5, 5.41) is 12.9. The van der Waals surface area contributed by atoms with Gasteiger partial charge in [-0.2, -0.15) is 0 Å². The Morgan fingerprint density at radius 3 is 2.59 bits per heavy atom. The molecule has 1 aliphatic heterocycles. The number of nitrogens with zero attached hydrogens (tertiary/aromatic N) is 2. The summed E-state index contributed by atoms with van der Waals surface area (Å²) >= 11 is 0. The van der Waals surface area contributed by atoms with E-state index in [-0.39, 0.29) is 11.9 Å². The van der Waals surface area contributed by atoms with E-state index in [0.29, 0.717) is 31.1 Å². The van der Waals surface area contributed by atoms with E-state index in [9.17, 15) is 9.90 Å². The Morgan fingerprint density at radius 1 is 1.26 bits per heavy atom. The molecule has 3 rings (SSSR count). The molecule has 0 radical (unpaired) electrons. The molecule has 144 valence electrons. The van der Waals surface area contributed by atoms with Crippen molar-refractivity contribution >= 4 is 11.7 Å². The molecular formula is C21H27N3O3. The van der Waals surface area contributed by atoms with Crippen molar-refractivity contribution < 1.29 is 14.6 Å². The van der Waals surface area contributed by atoms with Gasteiger partial charge < -0.3 is 15.2 Å². The second-order valence-corrected chi connectivity index (χ2v) is 7.06. The molecular weight excluding hydrogens is 342 g/mol. The van der Waals surface area contributed by atoms with Crippen LogP contribution >= 0.6 is 0 Å². The van der Waals surface area contributed by atoms with Crippen molar-refractivity contribution in [3.05, 3.63) is 58.8 Å². The number of aliphatic hydroxyl groups is 1. The average molecular weight is 369 g/mol. The molecule has 27 heavy (non-hydrogen) atoms. The fourth-order valence-electron chi connectivity index (χ4n) is 3.43. The van der Waals surface area contributed by atoms with Gasteiger partial charge in [0.15, 0.2) is 0 Å². The number of aryl methyl sites for hydroxylation is 2. The number of aromatic nitrogens is 1. The minimum absolute atomic E-state index is 0.0219. The van der Waals surface area contributed by atoms with Gasteiger partial charge in [-0.25, -0.2) is 4.98 Å². The van der Waals surface area contributed by atoms with Gasteiger partial charge >= 0.3 is 0 Å².